The molecule has 0 aliphatic carbocycles. The van der Waals surface area contributed by atoms with Gasteiger partial charge in [-0.1, -0.05) is 117 Å². The number of carbonyl (C=O) groups excluding carboxylic acids is 2. The van der Waals surface area contributed by atoms with Crippen molar-refractivity contribution in [1.29, 1.82) is 0 Å². The van der Waals surface area contributed by atoms with Gasteiger partial charge in [-0.25, -0.2) is 0 Å². The van der Waals surface area contributed by atoms with Gasteiger partial charge in [-0.2, -0.15) is 8.42 Å². The molecule has 2 N–H and O–H groups in total. The summed E-state index contributed by atoms with van der Waals surface area (Å²) >= 11 is 0. The average Bonchev–Trinajstić information content (AvgIpc) is 3.03. The molecule has 0 heterocycles. The van der Waals surface area contributed by atoms with E-state index in [1.54, 1.807) is 32.9 Å². The van der Waals surface area contributed by atoms with Crippen LogP contribution < -0.4 is 10.1 Å². The van der Waals surface area contributed by atoms with Crippen molar-refractivity contribution in [3.05, 3.63) is 138 Å². The van der Waals surface area contributed by atoms with E-state index in [1.807, 2.05) is 73.7 Å². The average molecular weight is 668 g/mol. The van der Waals surface area contributed by atoms with Crippen LogP contribution in [0.5, 0.6) is 5.75 Å². The zero-order valence-corrected chi connectivity index (χ0v) is 29.3. The Balaban J connectivity index is 1.63. The summed E-state index contributed by atoms with van der Waals surface area (Å²) in [6, 6.07) is 38.2. The molecule has 252 valence electrons. The molecule has 1 amide bonds. The SMILES string of the molecule is CCC(C)(CC(C)(C)C(=O)Oc1ccc(C(=C(c2ccccc2)c2ccccc2)c2ccccc2)cc1)C(=O)NC(C)(C)CS(=O)(=O)O. The summed E-state index contributed by atoms with van der Waals surface area (Å²) in [5.41, 5.74) is 2.97. The molecule has 0 spiro atoms. The van der Waals surface area contributed by atoms with Crippen molar-refractivity contribution < 1.29 is 27.3 Å². The fraction of sp³-hybridized carbons (Fsp3) is 0.300. The number of ether oxygens (including phenoxy) is 1. The fourth-order valence-electron chi connectivity index (χ4n) is 6.02. The molecule has 0 bridgehead atoms. The van der Waals surface area contributed by atoms with Crippen molar-refractivity contribution in [3.8, 4) is 5.75 Å². The van der Waals surface area contributed by atoms with Crippen molar-refractivity contribution in [1.82, 2.24) is 5.32 Å². The van der Waals surface area contributed by atoms with Gasteiger partial charge in [0.15, 0.2) is 0 Å². The molecule has 4 aromatic carbocycles. The molecule has 0 aromatic heterocycles. The summed E-state index contributed by atoms with van der Waals surface area (Å²) in [7, 11) is -4.31. The second-order valence-corrected chi connectivity index (χ2v) is 15.3. The van der Waals surface area contributed by atoms with Crippen molar-refractivity contribution in [2.75, 3.05) is 5.75 Å². The van der Waals surface area contributed by atoms with Gasteiger partial charge >= 0.3 is 5.97 Å². The summed E-state index contributed by atoms with van der Waals surface area (Å²) in [5, 5.41) is 2.74. The van der Waals surface area contributed by atoms with E-state index in [9.17, 15) is 22.6 Å². The van der Waals surface area contributed by atoms with Crippen molar-refractivity contribution in [2.45, 2.75) is 59.9 Å². The van der Waals surface area contributed by atoms with Crippen LogP contribution in [0.25, 0.3) is 11.1 Å². The Labute approximate surface area is 284 Å². The minimum Gasteiger partial charge on any atom is -0.426 e. The monoisotopic (exact) mass is 667 g/mol. The lowest BCUT2D eigenvalue weighted by Crippen LogP contribution is -2.54. The minimum atomic E-state index is -4.31. The second-order valence-electron chi connectivity index (χ2n) is 13.8. The van der Waals surface area contributed by atoms with E-state index < -0.39 is 44.1 Å². The third-order valence-electron chi connectivity index (χ3n) is 8.50. The number of hydrogen-bond donors (Lipinski definition) is 2. The third-order valence-corrected chi connectivity index (χ3v) is 9.59. The Kier molecular flexibility index (Phi) is 11.1. The second kappa shape index (κ2) is 14.7. The van der Waals surface area contributed by atoms with E-state index in [4.69, 9.17) is 4.74 Å². The molecule has 48 heavy (non-hydrogen) atoms. The largest absolute Gasteiger partial charge is 0.426 e. The van der Waals surface area contributed by atoms with Gasteiger partial charge in [0.2, 0.25) is 5.91 Å². The Hall–Kier alpha value is -4.53. The molecule has 7 nitrogen and oxygen atoms in total. The highest BCUT2D eigenvalue weighted by atomic mass is 32.2. The van der Waals surface area contributed by atoms with Crippen molar-refractivity contribution in [2.24, 2.45) is 10.8 Å². The lowest BCUT2D eigenvalue weighted by atomic mass is 9.71. The third kappa shape index (κ3) is 9.30. The van der Waals surface area contributed by atoms with Gasteiger partial charge < -0.3 is 10.1 Å². The van der Waals surface area contributed by atoms with Crippen molar-refractivity contribution in [3.63, 3.8) is 0 Å². The molecule has 8 heteroatoms. The van der Waals surface area contributed by atoms with Crippen LogP contribution in [0.4, 0.5) is 0 Å². The molecule has 0 aliphatic rings. The maximum absolute atomic E-state index is 13.6. The molecule has 0 saturated heterocycles. The zero-order valence-electron chi connectivity index (χ0n) is 28.5. The highest BCUT2D eigenvalue weighted by Gasteiger charge is 2.43. The number of amides is 1. The number of nitrogens with one attached hydrogen (secondary N) is 1. The van der Waals surface area contributed by atoms with Gasteiger partial charge in [0, 0.05) is 5.41 Å². The van der Waals surface area contributed by atoms with E-state index in [-0.39, 0.29) is 6.42 Å². The zero-order chi connectivity index (χ0) is 35.2. The summed E-state index contributed by atoms with van der Waals surface area (Å²) in [6.45, 7) is 10.1. The summed E-state index contributed by atoms with van der Waals surface area (Å²) < 4.78 is 38.2. The quantitative estimate of drug-likeness (QED) is 0.0644. The molecular formula is C40H45NO6S. The van der Waals surface area contributed by atoms with E-state index >= 15 is 0 Å². The van der Waals surface area contributed by atoms with Crippen LogP contribution in [-0.4, -0.2) is 36.1 Å². The standard InChI is InChI=1S/C40H45NO6S/c1-7-40(6,36(42)41-39(4,5)28-48(44,45)46)27-38(2,3)37(43)47-33-25-23-32(24-26-33)35(31-21-15-10-16-22-31)34(29-17-11-8-12-18-29)30-19-13-9-14-20-30/h8-26H,7,27-28H2,1-6H3,(H,41,42)(H,44,45,46). The van der Waals surface area contributed by atoms with Gasteiger partial charge in [0.05, 0.1) is 16.7 Å². The maximum Gasteiger partial charge on any atom is 0.316 e. The summed E-state index contributed by atoms with van der Waals surface area (Å²) in [6.07, 6.45) is 0.547. The fourth-order valence-corrected chi connectivity index (χ4v) is 7.01. The Bertz CT molecular complexity index is 1810. The molecule has 4 aromatic rings. The molecule has 0 saturated carbocycles. The summed E-state index contributed by atoms with van der Waals surface area (Å²) in [5.74, 6) is -1.15. The van der Waals surface area contributed by atoms with Gasteiger partial charge in [0.25, 0.3) is 10.1 Å². The van der Waals surface area contributed by atoms with Crippen LogP contribution in [0.15, 0.2) is 115 Å². The first-order chi connectivity index (χ1) is 22.5. The minimum absolute atomic E-state index is 0.152. The first-order valence-corrected chi connectivity index (χ1v) is 17.7. The molecule has 4 rings (SSSR count). The predicted octanol–water partition coefficient (Wildman–Crippen LogP) is 8.21. The normalized spacial score (nSPS) is 13.2. The number of rotatable bonds is 13. The van der Waals surface area contributed by atoms with E-state index in [1.165, 1.54) is 13.8 Å². The molecule has 0 aliphatic heterocycles. The summed E-state index contributed by atoms with van der Waals surface area (Å²) in [4.78, 5) is 27.0. The number of carbonyl (C=O) groups is 2. The smallest absolute Gasteiger partial charge is 0.316 e. The van der Waals surface area contributed by atoms with Crippen LogP contribution in [0.2, 0.25) is 0 Å². The van der Waals surface area contributed by atoms with Gasteiger partial charge in [-0.05, 0) is 86.1 Å². The number of esters is 1. The Morgan fingerprint density at radius 2 is 1.06 bits per heavy atom. The topological polar surface area (TPSA) is 110 Å². The molecule has 0 fully saturated rings. The van der Waals surface area contributed by atoms with Gasteiger partial charge in [0.1, 0.15) is 5.75 Å². The van der Waals surface area contributed by atoms with E-state index in [2.05, 4.69) is 41.7 Å². The van der Waals surface area contributed by atoms with Crippen LogP contribution in [0.1, 0.15) is 76.6 Å². The molecule has 1 atom stereocenters. The molecule has 1 unspecified atom stereocenters. The van der Waals surface area contributed by atoms with E-state index in [0.29, 0.717) is 12.2 Å². The highest BCUT2D eigenvalue weighted by molar-refractivity contribution is 7.85. The highest BCUT2D eigenvalue weighted by Crippen LogP contribution is 2.40. The number of benzene rings is 4. The van der Waals surface area contributed by atoms with E-state index in [0.717, 1.165) is 33.4 Å². The Morgan fingerprint density at radius 1 is 0.667 bits per heavy atom. The van der Waals surface area contributed by atoms with Crippen LogP contribution >= 0.6 is 0 Å². The van der Waals surface area contributed by atoms with Gasteiger partial charge in [-0.15, -0.1) is 0 Å². The lowest BCUT2D eigenvalue weighted by molar-refractivity contribution is -0.147. The Morgan fingerprint density at radius 3 is 1.44 bits per heavy atom. The van der Waals surface area contributed by atoms with Crippen LogP contribution in [0, 0.1) is 10.8 Å². The first-order valence-electron chi connectivity index (χ1n) is 16.0. The maximum atomic E-state index is 13.6. The predicted molar refractivity (Wildman–Crippen MR) is 192 cm³/mol. The lowest BCUT2D eigenvalue weighted by Gasteiger charge is -2.37. The van der Waals surface area contributed by atoms with Crippen molar-refractivity contribution >= 4 is 33.1 Å². The molecule has 0 radical (unpaired) electrons. The van der Waals surface area contributed by atoms with Crippen LogP contribution in [-0.2, 0) is 19.7 Å². The first kappa shape index (κ1) is 36.3. The molecular weight excluding hydrogens is 623 g/mol. The van der Waals surface area contributed by atoms with Crippen LogP contribution in [0.3, 0.4) is 0 Å². The van der Waals surface area contributed by atoms with Gasteiger partial charge in [-0.3, -0.25) is 14.1 Å². The number of hydrogen-bond acceptors (Lipinski definition) is 5.